The molecule has 0 bridgehead atoms. The molecule has 33 heavy (non-hydrogen) atoms. The van der Waals surface area contributed by atoms with Gasteiger partial charge in [0.15, 0.2) is 15.6 Å². The van der Waals surface area contributed by atoms with Crippen LogP contribution in [0.2, 0.25) is 0 Å². The number of benzene rings is 1. The van der Waals surface area contributed by atoms with Crippen molar-refractivity contribution in [2.24, 2.45) is 7.05 Å². The highest BCUT2D eigenvalue weighted by Gasteiger charge is 2.39. The van der Waals surface area contributed by atoms with Crippen molar-refractivity contribution in [1.29, 1.82) is 5.26 Å². The van der Waals surface area contributed by atoms with Crippen LogP contribution in [-0.4, -0.2) is 48.9 Å². The largest absolute Gasteiger partial charge is 0.348 e. The van der Waals surface area contributed by atoms with Crippen LogP contribution >= 0.6 is 11.3 Å². The fourth-order valence-corrected chi connectivity index (χ4v) is 6.12. The molecule has 0 amide bonds. The molecule has 1 saturated heterocycles. The highest BCUT2D eigenvalue weighted by atomic mass is 32.1. The van der Waals surface area contributed by atoms with Crippen LogP contribution in [0.25, 0.3) is 32.6 Å². The van der Waals surface area contributed by atoms with Crippen molar-refractivity contribution < 1.29 is 0 Å². The molecule has 1 N–H and O–H groups in total. The Morgan fingerprint density at radius 1 is 1.18 bits per heavy atom. The van der Waals surface area contributed by atoms with Crippen LogP contribution in [-0.2, 0) is 7.05 Å². The number of aryl methyl sites for hydroxylation is 1. The molecule has 170 valence electrons. The predicted molar refractivity (Wildman–Crippen MR) is 132 cm³/mol. The van der Waals surface area contributed by atoms with Gasteiger partial charge in [-0.25, -0.2) is 9.97 Å². The molecular formula is C24H28N8S. The lowest BCUT2D eigenvalue weighted by molar-refractivity contribution is 0.161. The Labute approximate surface area is 197 Å². The lowest BCUT2D eigenvalue weighted by Gasteiger charge is -2.48. The first-order chi connectivity index (χ1) is 15.5. The van der Waals surface area contributed by atoms with E-state index < -0.39 is 0 Å². The summed E-state index contributed by atoms with van der Waals surface area (Å²) in [6, 6.07) is 6.47. The number of hydrogen-bond acceptors (Lipinski definition) is 8. The van der Waals surface area contributed by atoms with Crippen LogP contribution in [0.3, 0.4) is 0 Å². The van der Waals surface area contributed by atoms with Crippen LogP contribution in [0.15, 0.2) is 24.5 Å². The van der Waals surface area contributed by atoms with Gasteiger partial charge in [0.25, 0.3) is 0 Å². The van der Waals surface area contributed by atoms with Gasteiger partial charge in [-0.3, -0.25) is 4.68 Å². The second-order valence-electron chi connectivity index (χ2n) is 10.3. The molecule has 4 aromatic rings. The van der Waals surface area contributed by atoms with Crippen LogP contribution in [0.5, 0.6) is 0 Å². The first-order valence-corrected chi connectivity index (χ1v) is 11.9. The van der Waals surface area contributed by atoms with E-state index in [1.165, 1.54) is 0 Å². The number of hydrogen-bond donors (Lipinski definition) is 1. The third-order valence-corrected chi connectivity index (χ3v) is 7.30. The van der Waals surface area contributed by atoms with Crippen molar-refractivity contribution in [3.8, 4) is 17.3 Å². The first-order valence-electron chi connectivity index (χ1n) is 11.1. The smallest absolute Gasteiger partial charge is 0.191 e. The van der Waals surface area contributed by atoms with E-state index >= 15 is 0 Å². The average molecular weight is 461 g/mol. The normalized spacial score (nSPS) is 18.0. The zero-order valence-corrected chi connectivity index (χ0v) is 20.7. The van der Waals surface area contributed by atoms with E-state index in [-0.39, 0.29) is 11.1 Å². The number of nitrogens with zero attached hydrogens (tertiary/aromatic N) is 7. The lowest BCUT2D eigenvalue weighted by Crippen LogP contribution is -2.61. The Balaban J connectivity index is 1.50. The monoisotopic (exact) mass is 460 g/mol. The Morgan fingerprint density at radius 2 is 1.91 bits per heavy atom. The van der Waals surface area contributed by atoms with Gasteiger partial charge >= 0.3 is 0 Å². The second-order valence-corrected chi connectivity index (χ2v) is 11.3. The molecular weight excluding hydrogens is 432 g/mol. The molecule has 1 fully saturated rings. The topological polar surface area (TPSA) is 95.5 Å². The van der Waals surface area contributed by atoms with Gasteiger partial charge in [-0.05, 0) is 52.7 Å². The third kappa shape index (κ3) is 4.05. The maximum atomic E-state index is 9.60. The fraction of sp³-hybridized carbons (Fsp3) is 0.458. The Morgan fingerprint density at radius 3 is 2.61 bits per heavy atom. The van der Waals surface area contributed by atoms with Crippen molar-refractivity contribution in [2.75, 3.05) is 11.9 Å². The van der Waals surface area contributed by atoms with E-state index in [9.17, 15) is 5.26 Å². The highest BCUT2D eigenvalue weighted by Crippen LogP contribution is 2.36. The highest BCUT2D eigenvalue weighted by molar-refractivity contribution is 7.21. The lowest BCUT2D eigenvalue weighted by atomic mass is 9.79. The molecule has 4 heterocycles. The van der Waals surface area contributed by atoms with Gasteiger partial charge in [0.2, 0.25) is 0 Å². The van der Waals surface area contributed by atoms with Crippen LogP contribution in [0.1, 0.15) is 46.1 Å². The minimum Gasteiger partial charge on any atom is -0.348 e. The van der Waals surface area contributed by atoms with Gasteiger partial charge < -0.3 is 10.2 Å². The fourth-order valence-electron chi connectivity index (χ4n) is 5.19. The average Bonchev–Trinajstić information content (AvgIpc) is 3.31. The van der Waals surface area contributed by atoms with Gasteiger partial charge in [0.05, 0.1) is 17.5 Å². The molecule has 9 heteroatoms. The summed E-state index contributed by atoms with van der Waals surface area (Å²) < 4.78 is 1.72. The summed E-state index contributed by atoms with van der Waals surface area (Å²) in [7, 11) is 3.98. The number of anilines is 1. The molecule has 0 atom stereocenters. The van der Waals surface area contributed by atoms with Gasteiger partial charge in [0.1, 0.15) is 11.6 Å². The van der Waals surface area contributed by atoms with Crippen LogP contribution in [0.4, 0.5) is 5.13 Å². The minimum absolute atomic E-state index is 0.0599. The maximum absolute atomic E-state index is 9.60. The summed E-state index contributed by atoms with van der Waals surface area (Å²) in [5.74, 6) is 0. The number of thiazole rings is 1. The standard InChI is InChI=1S/C24H28N8S/c1-23(2)9-17(10-24(3,4)30-23)32(6)22-28-20-21(33-22)27-18(12-26-20)14-7-15(11-25)19-16(8-14)13-31(5)29-19/h7-8,12-13,17,30H,9-10H2,1-6H3. The summed E-state index contributed by atoms with van der Waals surface area (Å²) in [6.45, 7) is 9.04. The first kappa shape index (κ1) is 21.7. The van der Waals surface area contributed by atoms with Crippen LogP contribution in [0, 0.1) is 11.3 Å². The molecule has 0 saturated carbocycles. The summed E-state index contributed by atoms with van der Waals surface area (Å²) >= 11 is 1.57. The molecule has 1 aromatic carbocycles. The van der Waals surface area contributed by atoms with E-state index in [2.05, 4.69) is 61.1 Å². The molecule has 0 radical (unpaired) electrons. The SMILES string of the molecule is CN(c1nc2ncc(-c3cc(C#N)c4nn(C)cc4c3)nc2s1)C1CC(C)(C)NC(C)(C)C1. The van der Waals surface area contributed by atoms with E-state index in [0.717, 1.165) is 39.4 Å². The third-order valence-electron chi connectivity index (χ3n) is 6.27. The predicted octanol–water partition coefficient (Wildman–Crippen LogP) is 4.26. The van der Waals surface area contributed by atoms with E-state index in [1.54, 1.807) is 22.2 Å². The van der Waals surface area contributed by atoms with E-state index in [0.29, 0.717) is 22.8 Å². The van der Waals surface area contributed by atoms with Crippen LogP contribution < -0.4 is 10.2 Å². The molecule has 0 aliphatic carbocycles. The number of fused-ring (bicyclic) bond motifs is 2. The van der Waals surface area contributed by atoms with Crippen molar-refractivity contribution >= 4 is 37.8 Å². The molecule has 1 aliphatic rings. The summed E-state index contributed by atoms with van der Waals surface area (Å²) in [6.07, 6.45) is 5.72. The Hall–Kier alpha value is -3.09. The van der Waals surface area contributed by atoms with Crippen molar-refractivity contribution in [1.82, 2.24) is 30.0 Å². The number of nitrogens with one attached hydrogen (secondary N) is 1. The van der Waals surface area contributed by atoms with Gasteiger partial charge in [-0.2, -0.15) is 15.3 Å². The number of piperidine rings is 1. The maximum Gasteiger partial charge on any atom is 0.191 e. The zero-order valence-electron chi connectivity index (χ0n) is 19.8. The summed E-state index contributed by atoms with van der Waals surface area (Å²) in [5, 5.41) is 19.6. The Kier molecular flexibility index (Phi) is 4.92. The van der Waals surface area contributed by atoms with Gasteiger partial charge in [-0.15, -0.1) is 0 Å². The van der Waals surface area contributed by atoms with Crippen molar-refractivity contribution in [3.05, 3.63) is 30.1 Å². The van der Waals surface area contributed by atoms with Crippen molar-refractivity contribution in [3.63, 3.8) is 0 Å². The van der Waals surface area contributed by atoms with E-state index in [4.69, 9.17) is 9.97 Å². The quantitative estimate of drug-likeness (QED) is 0.488. The second kappa shape index (κ2) is 7.47. The van der Waals surface area contributed by atoms with Crippen molar-refractivity contribution in [2.45, 2.75) is 57.7 Å². The molecule has 5 rings (SSSR count). The number of aromatic nitrogens is 5. The zero-order chi connectivity index (χ0) is 23.5. The number of rotatable bonds is 3. The van der Waals surface area contributed by atoms with Gasteiger partial charge in [-0.1, -0.05) is 11.3 Å². The Bertz CT molecular complexity index is 1390. The molecule has 0 unspecified atom stereocenters. The van der Waals surface area contributed by atoms with E-state index in [1.807, 2.05) is 25.4 Å². The molecule has 1 aliphatic heterocycles. The summed E-state index contributed by atoms with van der Waals surface area (Å²) in [4.78, 5) is 17.3. The summed E-state index contributed by atoms with van der Waals surface area (Å²) in [5.41, 5.74) is 3.59. The van der Waals surface area contributed by atoms with Gasteiger partial charge in [0, 0.05) is 48.4 Å². The molecule has 3 aromatic heterocycles. The minimum atomic E-state index is 0.0599. The molecule has 8 nitrogen and oxygen atoms in total. The number of nitriles is 1. The molecule has 0 spiro atoms.